The summed E-state index contributed by atoms with van der Waals surface area (Å²) in [6, 6.07) is 3.34. The Balaban J connectivity index is 1.30. The second-order valence-corrected chi connectivity index (χ2v) is 9.03. The van der Waals surface area contributed by atoms with Crippen LogP contribution < -0.4 is 10.1 Å². The lowest BCUT2D eigenvalue weighted by Crippen LogP contribution is -2.59. The molecule has 0 radical (unpaired) electrons. The summed E-state index contributed by atoms with van der Waals surface area (Å²) in [4.78, 5) is 26.2. The summed E-state index contributed by atoms with van der Waals surface area (Å²) >= 11 is 6.04. The number of pyridine rings is 1. The minimum absolute atomic E-state index is 0.0648. The number of rotatable bonds is 5. The van der Waals surface area contributed by atoms with Crippen LogP contribution in [0.1, 0.15) is 19.8 Å². The molecule has 2 aromatic rings. The molecule has 9 nitrogen and oxygen atoms in total. The molecule has 32 heavy (non-hydrogen) atoms. The maximum atomic E-state index is 15.1. The predicted molar refractivity (Wildman–Crippen MR) is 112 cm³/mol. The summed E-state index contributed by atoms with van der Waals surface area (Å²) in [5.41, 5.74) is 0.0833. The smallest absolute Gasteiger partial charge is 0.410 e. The van der Waals surface area contributed by atoms with Crippen molar-refractivity contribution >= 4 is 29.2 Å². The van der Waals surface area contributed by atoms with Gasteiger partial charge in [-0.1, -0.05) is 11.6 Å². The van der Waals surface area contributed by atoms with Gasteiger partial charge in [-0.15, -0.1) is 0 Å². The average Bonchev–Trinajstić information content (AvgIpc) is 3.48. The highest BCUT2D eigenvalue weighted by Crippen LogP contribution is 2.40. The Bertz CT molecular complexity index is 1010. The van der Waals surface area contributed by atoms with E-state index in [0.29, 0.717) is 32.0 Å². The Morgan fingerprint density at radius 3 is 2.72 bits per heavy atom. The Morgan fingerprint density at radius 2 is 2.03 bits per heavy atom. The number of ether oxygens (including phenoxy) is 3. The van der Waals surface area contributed by atoms with Gasteiger partial charge >= 0.3 is 6.09 Å². The van der Waals surface area contributed by atoms with Crippen LogP contribution in [0.25, 0.3) is 0 Å². The fourth-order valence-electron chi connectivity index (χ4n) is 4.05. The molecule has 0 spiro atoms. The second-order valence-electron chi connectivity index (χ2n) is 8.67. The van der Waals surface area contributed by atoms with Gasteiger partial charge in [-0.2, -0.15) is 9.37 Å². The summed E-state index contributed by atoms with van der Waals surface area (Å²) in [6.07, 6.45) is 3.88. The molecule has 1 aliphatic carbocycles. The van der Waals surface area contributed by atoms with Crippen LogP contribution in [0.5, 0.6) is 5.88 Å². The number of anilines is 2. The van der Waals surface area contributed by atoms with E-state index in [2.05, 4.69) is 20.3 Å². The molecule has 1 N–H and O–H groups in total. The molecule has 3 fully saturated rings. The van der Waals surface area contributed by atoms with Gasteiger partial charge in [-0.25, -0.2) is 14.8 Å². The number of hydrogen-bond donors (Lipinski definition) is 1. The predicted octanol–water partition coefficient (Wildman–Crippen LogP) is 3.42. The monoisotopic (exact) mass is 463 g/mol. The largest absolute Gasteiger partial charge is 0.471 e. The quantitative estimate of drug-likeness (QED) is 0.673. The Morgan fingerprint density at radius 1 is 1.28 bits per heavy atom. The lowest BCUT2D eigenvalue weighted by Gasteiger charge is -2.46. The van der Waals surface area contributed by atoms with Gasteiger partial charge in [-0.3, -0.25) is 0 Å². The molecule has 3 aliphatic rings. The third kappa shape index (κ3) is 4.29. The minimum Gasteiger partial charge on any atom is -0.471 e. The SMILES string of the molecule is CC1(OC(=O)N2CC3COCC(C2)C3Oc2ncnc(Nc3cccnc3Cl)c2F)CC1. The third-order valence-electron chi connectivity index (χ3n) is 6.07. The van der Waals surface area contributed by atoms with E-state index < -0.39 is 5.82 Å². The average molecular weight is 464 g/mol. The van der Waals surface area contributed by atoms with Crippen molar-refractivity contribution in [3.63, 3.8) is 0 Å². The Kier molecular flexibility index (Phi) is 5.50. The van der Waals surface area contributed by atoms with Gasteiger partial charge in [0.05, 0.1) is 18.9 Å². The van der Waals surface area contributed by atoms with E-state index in [9.17, 15) is 4.79 Å². The van der Waals surface area contributed by atoms with Crippen LogP contribution in [0, 0.1) is 17.7 Å². The van der Waals surface area contributed by atoms with E-state index in [1.165, 1.54) is 12.5 Å². The van der Waals surface area contributed by atoms with Gasteiger partial charge in [-0.05, 0) is 31.9 Å². The first kappa shape index (κ1) is 21.1. The van der Waals surface area contributed by atoms with E-state index in [-0.39, 0.29) is 46.5 Å². The third-order valence-corrected chi connectivity index (χ3v) is 6.37. The molecule has 2 saturated heterocycles. The standard InChI is InChI=1S/C21H23ClFN5O4/c1-21(4-5-21)32-20(29)28-7-12-9-30-10-13(8-28)16(12)31-19-15(23)18(25-11-26-19)27-14-3-2-6-24-17(14)22/h2-3,6,11-13,16H,4-5,7-10H2,1H3,(H,25,26,27). The zero-order chi connectivity index (χ0) is 22.3. The molecule has 0 aromatic carbocycles. The molecule has 2 aliphatic heterocycles. The fraction of sp³-hybridized carbons (Fsp3) is 0.524. The zero-order valence-electron chi connectivity index (χ0n) is 17.5. The van der Waals surface area contributed by atoms with E-state index >= 15 is 4.39 Å². The molecular formula is C21H23ClFN5O4. The lowest BCUT2D eigenvalue weighted by atomic mass is 9.84. The number of halogens is 2. The van der Waals surface area contributed by atoms with Gasteiger partial charge in [0.2, 0.25) is 5.82 Å². The van der Waals surface area contributed by atoms with Crippen LogP contribution >= 0.6 is 11.6 Å². The highest BCUT2D eigenvalue weighted by atomic mass is 35.5. The molecule has 1 saturated carbocycles. The van der Waals surface area contributed by atoms with Gasteiger partial charge in [0.1, 0.15) is 18.0 Å². The summed E-state index contributed by atoms with van der Waals surface area (Å²) in [5, 5.41) is 3.02. The number of aromatic nitrogens is 3. The normalized spacial score (nSPS) is 25.7. The van der Waals surface area contributed by atoms with Crippen molar-refractivity contribution in [2.24, 2.45) is 11.8 Å². The van der Waals surface area contributed by atoms with Gasteiger partial charge in [0.25, 0.3) is 5.88 Å². The summed E-state index contributed by atoms with van der Waals surface area (Å²) < 4.78 is 32.4. The molecular weight excluding hydrogens is 441 g/mol. The summed E-state index contributed by atoms with van der Waals surface area (Å²) in [7, 11) is 0. The maximum absolute atomic E-state index is 15.1. The van der Waals surface area contributed by atoms with Crippen molar-refractivity contribution in [3.05, 3.63) is 35.6 Å². The molecule has 4 heterocycles. The van der Waals surface area contributed by atoms with E-state index in [1.807, 2.05) is 6.92 Å². The lowest BCUT2D eigenvalue weighted by molar-refractivity contribution is -0.112. The van der Waals surface area contributed by atoms with Crippen molar-refractivity contribution < 1.29 is 23.4 Å². The number of nitrogens with zero attached hydrogens (tertiary/aromatic N) is 4. The van der Waals surface area contributed by atoms with Gasteiger partial charge < -0.3 is 24.4 Å². The molecule has 2 unspecified atom stereocenters. The first-order valence-corrected chi connectivity index (χ1v) is 10.9. The zero-order valence-corrected chi connectivity index (χ0v) is 18.2. The number of hydrogen-bond acceptors (Lipinski definition) is 8. The molecule has 170 valence electrons. The molecule has 11 heteroatoms. The van der Waals surface area contributed by atoms with Crippen LogP contribution in [0.15, 0.2) is 24.7 Å². The second kappa shape index (κ2) is 8.32. The molecule has 2 atom stereocenters. The summed E-state index contributed by atoms with van der Waals surface area (Å²) in [5.74, 6) is -1.20. The first-order valence-electron chi connectivity index (χ1n) is 10.5. The van der Waals surface area contributed by atoms with Crippen LogP contribution in [0.4, 0.5) is 20.7 Å². The fourth-order valence-corrected chi connectivity index (χ4v) is 4.22. The van der Waals surface area contributed by atoms with E-state index in [4.69, 9.17) is 25.8 Å². The van der Waals surface area contributed by atoms with E-state index in [0.717, 1.165) is 12.8 Å². The molecule has 5 rings (SSSR count). The van der Waals surface area contributed by atoms with E-state index in [1.54, 1.807) is 17.0 Å². The molecule has 2 aromatic heterocycles. The number of likely N-dealkylation sites (tertiary alicyclic amines) is 1. The van der Waals surface area contributed by atoms with Crippen molar-refractivity contribution in [2.75, 3.05) is 31.6 Å². The maximum Gasteiger partial charge on any atom is 0.410 e. The number of fused-ring (bicyclic) bond motifs is 2. The van der Waals surface area contributed by atoms with Gasteiger partial charge in [0, 0.05) is 31.1 Å². The number of piperidine rings is 1. The Labute approximate surface area is 189 Å². The summed E-state index contributed by atoms with van der Waals surface area (Å²) in [6.45, 7) is 3.59. The van der Waals surface area contributed by atoms with Crippen molar-refractivity contribution in [2.45, 2.75) is 31.5 Å². The van der Waals surface area contributed by atoms with Crippen molar-refractivity contribution in [1.82, 2.24) is 19.9 Å². The van der Waals surface area contributed by atoms with Crippen LogP contribution in [-0.2, 0) is 9.47 Å². The van der Waals surface area contributed by atoms with Crippen LogP contribution in [0.2, 0.25) is 5.15 Å². The van der Waals surface area contributed by atoms with Crippen LogP contribution in [0.3, 0.4) is 0 Å². The Hall–Kier alpha value is -2.72. The van der Waals surface area contributed by atoms with Crippen molar-refractivity contribution in [3.8, 4) is 5.88 Å². The minimum atomic E-state index is -0.727. The first-order chi connectivity index (χ1) is 15.4. The van der Waals surface area contributed by atoms with Crippen molar-refractivity contribution in [1.29, 1.82) is 0 Å². The number of carbonyl (C=O) groups excluding carboxylic acids is 1. The highest BCUT2D eigenvalue weighted by Gasteiger charge is 2.47. The molecule has 1 amide bonds. The highest BCUT2D eigenvalue weighted by molar-refractivity contribution is 6.32. The van der Waals surface area contributed by atoms with Crippen LogP contribution in [-0.4, -0.2) is 64.0 Å². The number of amides is 1. The molecule has 2 bridgehead atoms. The topological polar surface area (TPSA) is 98.7 Å². The van der Waals surface area contributed by atoms with Gasteiger partial charge in [0.15, 0.2) is 11.0 Å². The number of nitrogens with one attached hydrogen (secondary N) is 1. The number of carbonyl (C=O) groups is 1.